The number of likely N-dealkylation sites (N-methyl/N-ethyl adjacent to an activating group) is 2. The predicted octanol–water partition coefficient (Wildman–Crippen LogP) is 1.89. The van der Waals surface area contributed by atoms with Gasteiger partial charge in [0.05, 0.1) is 0 Å². The molecule has 0 aliphatic rings. The summed E-state index contributed by atoms with van der Waals surface area (Å²) < 4.78 is 0. The Bertz CT molecular complexity index is 184. The van der Waals surface area contributed by atoms with Gasteiger partial charge in [0, 0.05) is 25.7 Å². The summed E-state index contributed by atoms with van der Waals surface area (Å²) in [5.41, 5.74) is 0.318. The van der Waals surface area contributed by atoms with E-state index >= 15 is 0 Å². The molecule has 0 fully saturated rings. The van der Waals surface area contributed by atoms with Crippen LogP contribution in [0, 0.1) is 5.41 Å². The third-order valence-corrected chi connectivity index (χ3v) is 3.24. The maximum atomic E-state index is 3.46. The van der Waals surface area contributed by atoms with Gasteiger partial charge in [0.25, 0.3) is 0 Å². The average molecular weight is 243 g/mol. The van der Waals surface area contributed by atoms with Gasteiger partial charge >= 0.3 is 0 Å². The zero-order valence-corrected chi connectivity index (χ0v) is 13.0. The molecule has 1 N–H and O–H groups in total. The van der Waals surface area contributed by atoms with Gasteiger partial charge in [-0.1, -0.05) is 27.7 Å². The molecule has 17 heavy (non-hydrogen) atoms. The van der Waals surface area contributed by atoms with Gasteiger partial charge in [0.2, 0.25) is 0 Å². The molecule has 0 rings (SSSR count). The van der Waals surface area contributed by atoms with E-state index in [1.165, 1.54) is 13.0 Å². The molecule has 0 aromatic rings. The van der Waals surface area contributed by atoms with E-state index in [9.17, 15) is 0 Å². The molecule has 0 radical (unpaired) electrons. The van der Waals surface area contributed by atoms with Gasteiger partial charge in [-0.3, -0.25) is 0 Å². The number of hydrogen-bond acceptors (Lipinski definition) is 3. The zero-order valence-electron chi connectivity index (χ0n) is 13.0. The van der Waals surface area contributed by atoms with Gasteiger partial charge in [0.15, 0.2) is 0 Å². The van der Waals surface area contributed by atoms with Crippen molar-refractivity contribution < 1.29 is 0 Å². The van der Waals surface area contributed by atoms with Crippen LogP contribution in [0.15, 0.2) is 0 Å². The first-order chi connectivity index (χ1) is 7.81. The minimum atomic E-state index is 0.318. The van der Waals surface area contributed by atoms with Crippen LogP contribution in [0.5, 0.6) is 0 Å². The van der Waals surface area contributed by atoms with Crippen LogP contribution in [0.1, 0.15) is 34.1 Å². The molecular formula is C14H33N3. The van der Waals surface area contributed by atoms with Crippen molar-refractivity contribution in [2.24, 2.45) is 5.41 Å². The van der Waals surface area contributed by atoms with Crippen LogP contribution in [0.3, 0.4) is 0 Å². The van der Waals surface area contributed by atoms with Crippen LogP contribution in [-0.4, -0.2) is 63.2 Å². The highest BCUT2D eigenvalue weighted by molar-refractivity contribution is 4.82. The molecule has 1 atom stereocenters. The third kappa shape index (κ3) is 7.74. The van der Waals surface area contributed by atoms with Crippen molar-refractivity contribution in [3.63, 3.8) is 0 Å². The Kier molecular flexibility index (Phi) is 8.01. The van der Waals surface area contributed by atoms with Gasteiger partial charge in [-0.05, 0) is 39.5 Å². The molecule has 0 aliphatic heterocycles. The van der Waals surface area contributed by atoms with E-state index < -0.39 is 0 Å². The fourth-order valence-electron chi connectivity index (χ4n) is 2.01. The molecule has 0 amide bonds. The van der Waals surface area contributed by atoms with E-state index in [1.807, 2.05) is 0 Å². The molecular weight excluding hydrogens is 210 g/mol. The van der Waals surface area contributed by atoms with Crippen molar-refractivity contribution in [3.8, 4) is 0 Å². The summed E-state index contributed by atoms with van der Waals surface area (Å²) in [6, 6.07) is 0.552. The minimum absolute atomic E-state index is 0.318. The molecule has 0 saturated heterocycles. The lowest BCUT2D eigenvalue weighted by Crippen LogP contribution is -2.48. The van der Waals surface area contributed by atoms with Crippen LogP contribution in [-0.2, 0) is 0 Å². The lowest BCUT2D eigenvalue weighted by atomic mass is 9.86. The molecule has 0 aromatic carbocycles. The van der Waals surface area contributed by atoms with E-state index in [2.05, 4.69) is 64.0 Å². The Morgan fingerprint density at radius 2 is 1.65 bits per heavy atom. The fraction of sp³-hybridized carbons (Fsp3) is 1.00. The van der Waals surface area contributed by atoms with Crippen LogP contribution < -0.4 is 5.32 Å². The normalized spacial score (nSPS) is 14.6. The topological polar surface area (TPSA) is 18.5 Å². The average Bonchev–Trinajstić information content (AvgIpc) is 2.20. The number of rotatable bonds is 8. The highest BCUT2D eigenvalue weighted by atomic mass is 15.2. The maximum Gasteiger partial charge on any atom is 0.0240 e. The summed E-state index contributed by atoms with van der Waals surface area (Å²) >= 11 is 0. The van der Waals surface area contributed by atoms with E-state index in [1.54, 1.807) is 0 Å². The van der Waals surface area contributed by atoms with Gasteiger partial charge < -0.3 is 15.1 Å². The van der Waals surface area contributed by atoms with Gasteiger partial charge in [-0.15, -0.1) is 0 Å². The first kappa shape index (κ1) is 16.9. The molecule has 104 valence electrons. The Morgan fingerprint density at radius 3 is 2.00 bits per heavy atom. The minimum Gasteiger partial charge on any atom is -0.315 e. The standard InChI is InChI=1S/C14H33N3/c1-8-9-17(11-10-16(6)7)12-13(15-5)14(2,3)4/h13,15H,8-12H2,1-7H3. The molecule has 1 unspecified atom stereocenters. The second-order valence-electron chi connectivity index (χ2n) is 6.31. The highest BCUT2D eigenvalue weighted by Crippen LogP contribution is 2.19. The van der Waals surface area contributed by atoms with Crippen LogP contribution in [0.2, 0.25) is 0 Å². The Hall–Kier alpha value is -0.120. The quantitative estimate of drug-likeness (QED) is 0.702. The monoisotopic (exact) mass is 243 g/mol. The molecule has 3 nitrogen and oxygen atoms in total. The number of nitrogens with one attached hydrogen (secondary N) is 1. The van der Waals surface area contributed by atoms with Gasteiger partial charge in [-0.2, -0.15) is 0 Å². The predicted molar refractivity (Wildman–Crippen MR) is 77.6 cm³/mol. The van der Waals surface area contributed by atoms with Gasteiger partial charge in [0.1, 0.15) is 0 Å². The van der Waals surface area contributed by atoms with Crippen LogP contribution in [0.25, 0.3) is 0 Å². The summed E-state index contributed by atoms with van der Waals surface area (Å²) in [6.07, 6.45) is 1.23. The van der Waals surface area contributed by atoms with Crippen molar-refractivity contribution in [2.45, 2.75) is 40.2 Å². The molecule has 0 saturated carbocycles. The van der Waals surface area contributed by atoms with E-state index in [-0.39, 0.29) is 0 Å². The highest BCUT2D eigenvalue weighted by Gasteiger charge is 2.24. The van der Waals surface area contributed by atoms with Crippen molar-refractivity contribution in [3.05, 3.63) is 0 Å². The second kappa shape index (κ2) is 8.06. The van der Waals surface area contributed by atoms with Crippen molar-refractivity contribution in [1.82, 2.24) is 15.1 Å². The van der Waals surface area contributed by atoms with Crippen molar-refractivity contribution in [2.75, 3.05) is 47.3 Å². The van der Waals surface area contributed by atoms with Crippen molar-refractivity contribution >= 4 is 0 Å². The summed E-state index contributed by atoms with van der Waals surface area (Å²) in [6.45, 7) is 13.8. The molecule has 0 aromatic heterocycles. The molecule has 0 spiro atoms. The fourth-order valence-corrected chi connectivity index (χ4v) is 2.01. The number of hydrogen-bond donors (Lipinski definition) is 1. The Labute approximate surface area is 109 Å². The third-order valence-electron chi connectivity index (χ3n) is 3.24. The summed E-state index contributed by atoms with van der Waals surface area (Å²) in [5.74, 6) is 0. The van der Waals surface area contributed by atoms with Crippen LogP contribution in [0.4, 0.5) is 0 Å². The van der Waals surface area contributed by atoms with Gasteiger partial charge in [-0.25, -0.2) is 0 Å². The first-order valence-corrected chi connectivity index (χ1v) is 6.85. The maximum absolute atomic E-state index is 3.46. The van der Waals surface area contributed by atoms with E-state index in [0.717, 1.165) is 19.6 Å². The SMILES string of the molecule is CCCN(CCN(C)C)CC(NC)C(C)(C)C. The van der Waals surface area contributed by atoms with Crippen molar-refractivity contribution in [1.29, 1.82) is 0 Å². The summed E-state index contributed by atoms with van der Waals surface area (Å²) in [4.78, 5) is 4.83. The smallest absolute Gasteiger partial charge is 0.0240 e. The summed E-state index contributed by atoms with van der Waals surface area (Å²) in [7, 11) is 6.36. The Morgan fingerprint density at radius 1 is 1.06 bits per heavy atom. The number of nitrogens with zero attached hydrogens (tertiary/aromatic N) is 2. The second-order valence-corrected chi connectivity index (χ2v) is 6.31. The van der Waals surface area contributed by atoms with Crippen LogP contribution >= 0.6 is 0 Å². The lowest BCUT2D eigenvalue weighted by Gasteiger charge is -2.35. The first-order valence-electron chi connectivity index (χ1n) is 6.85. The molecule has 0 bridgehead atoms. The lowest BCUT2D eigenvalue weighted by molar-refractivity contribution is 0.168. The van der Waals surface area contributed by atoms with E-state index in [4.69, 9.17) is 0 Å². The molecule has 3 heteroatoms. The van der Waals surface area contributed by atoms with E-state index in [0.29, 0.717) is 11.5 Å². The molecule has 0 aliphatic carbocycles. The molecule has 0 heterocycles. The largest absolute Gasteiger partial charge is 0.315 e. The summed E-state index contributed by atoms with van der Waals surface area (Å²) in [5, 5.41) is 3.46. The zero-order chi connectivity index (χ0) is 13.5. The Balaban J connectivity index is 4.30.